The van der Waals surface area contributed by atoms with Gasteiger partial charge in [0.25, 0.3) is 0 Å². The van der Waals surface area contributed by atoms with Crippen molar-refractivity contribution in [3.8, 4) is 0 Å². The van der Waals surface area contributed by atoms with E-state index < -0.39 is 11.9 Å². The van der Waals surface area contributed by atoms with Crippen LogP contribution in [0.3, 0.4) is 0 Å². The molecule has 0 aliphatic heterocycles. The Hall–Kier alpha value is -1.62. The zero-order chi connectivity index (χ0) is 13.4. The van der Waals surface area contributed by atoms with E-state index in [1.165, 1.54) is 0 Å². The Morgan fingerprint density at radius 3 is 1.24 bits per heavy atom. The third kappa shape index (κ3) is 115. The molecule has 7 heteroatoms. The SMILES string of the molecule is C=O.CC(=O)[O-].CC(=O)[O-].[Zn+2].c1ccncc1. The van der Waals surface area contributed by atoms with Gasteiger partial charge in [-0.25, -0.2) is 0 Å². The quantitative estimate of drug-likeness (QED) is 0.533. The first-order valence-corrected chi connectivity index (χ1v) is 3.95. The molecule has 0 spiro atoms. The van der Waals surface area contributed by atoms with E-state index in [9.17, 15) is 0 Å². The number of carbonyl (C=O) groups excluding carboxylic acids is 3. The molecule has 0 amide bonds. The van der Waals surface area contributed by atoms with Crippen molar-refractivity contribution >= 4 is 18.7 Å². The summed E-state index contributed by atoms with van der Waals surface area (Å²) in [5.74, 6) is -2.17. The molecule has 0 bridgehead atoms. The molecule has 0 saturated heterocycles. The zero-order valence-corrected chi connectivity index (χ0v) is 12.8. The van der Waals surface area contributed by atoms with Gasteiger partial charge in [0.05, 0.1) is 0 Å². The van der Waals surface area contributed by atoms with Crippen LogP contribution in [0.15, 0.2) is 30.6 Å². The topological polar surface area (TPSA) is 110 Å². The molecule has 0 aliphatic rings. The fourth-order valence-electron chi connectivity index (χ4n) is 0.313. The van der Waals surface area contributed by atoms with E-state index in [1.54, 1.807) is 12.4 Å². The summed E-state index contributed by atoms with van der Waals surface area (Å²) >= 11 is 0. The molecular weight excluding hydrogens is 280 g/mol. The van der Waals surface area contributed by atoms with Crippen molar-refractivity contribution in [1.82, 2.24) is 4.98 Å². The van der Waals surface area contributed by atoms with Crippen LogP contribution in [0.5, 0.6) is 0 Å². The number of carboxylic acids is 2. The second-order valence-corrected chi connectivity index (χ2v) is 2.01. The van der Waals surface area contributed by atoms with Gasteiger partial charge >= 0.3 is 19.5 Å². The normalized spacial score (nSPS) is 6.00. The second kappa shape index (κ2) is 23.9. The van der Waals surface area contributed by atoms with Crippen LogP contribution in [-0.2, 0) is 33.9 Å². The van der Waals surface area contributed by atoms with Crippen LogP contribution in [0, 0.1) is 0 Å². The maximum Gasteiger partial charge on any atom is 2.00 e. The third-order valence-corrected chi connectivity index (χ3v) is 0.566. The van der Waals surface area contributed by atoms with Gasteiger partial charge in [-0.2, -0.15) is 0 Å². The Kier molecular flexibility index (Phi) is 34.5. The smallest absolute Gasteiger partial charge is 0.550 e. The Labute approximate surface area is 112 Å². The molecule has 0 aromatic carbocycles. The van der Waals surface area contributed by atoms with Gasteiger partial charge in [0.1, 0.15) is 6.79 Å². The van der Waals surface area contributed by atoms with Crippen molar-refractivity contribution in [3.63, 3.8) is 0 Å². The summed E-state index contributed by atoms with van der Waals surface area (Å²) < 4.78 is 0. The van der Waals surface area contributed by atoms with Crippen LogP contribution in [0.1, 0.15) is 13.8 Å². The van der Waals surface area contributed by atoms with Gasteiger partial charge in [-0.1, -0.05) is 6.07 Å². The Balaban J connectivity index is -0.0000000698. The summed E-state index contributed by atoms with van der Waals surface area (Å²) in [4.78, 5) is 29.6. The van der Waals surface area contributed by atoms with E-state index in [0.29, 0.717) is 0 Å². The molecule has 90 valence electrons. The van der Waals surface area contributed by atoms with Crippen LogP contribution in [0.2, 0.25) is 0 Å². The van der Waals surface area contributed by atoms with Crippen LogP contribution in [0.4, 0.5) is 0 Å². The second-order valence-electron chi connectivity index (χ2n) is 2.01. The molecule has 0 fully saturated rings. The van der Waals surface area contributed by atoms with E-state index in [-0.39, 0.29) is 19.5 Å². The summed E-state index contributed by atoms with van der Waals surface area (Å²) in [6.07, 6.45) is 3.50. The minimum atomic E-state index is -1.08. The van der Waals surface area contributed by atoms with Gasteiger partial charge in [-0.15, -0.1) is 0 Å². The molecule has 0 saturated carbocycles. The van der Waals surface area contributed by atoms with E-state index in [0.717, 1.165) is 13.8 Å². The van der Waals surface area contributed by atoms with Crippen LogP contribution < -0.4 is 10.2 Å². The number of carboxylic acid groups (broad SMARTS) is 2. The van der Waals surface area contributed by atoms with Gasteiger partial charge in [0.2, 0.25) is 0 Å². The molecule has 0 N–H and O–H groups in total. The molecule has 0 unspecified atom stereocenters. The number of aliphatic carboxylic acids is 2. The number of hydrogen-bond donors (Lipinski definition) is 0. The molecular formula is C10H13NO5Zn. The third-order valence-electron chi connectivity index (χ3n) is 0.566. The van der Waals surface area contributed by atoms with Crippen molar-refractivity contribution in [3.05, 3.63) is 30.6 Å². The monoisotopic (exact) mass is 291 g/mol. The molecule has 1 heterocycles. The fourth-order valence-corrected chi connectivity index (χ4v) is 0.313. The maximum atomic E-state index is 8.89. The van der Waals surface area contributed by atoms with Gasteiger partial charge in [-0.3, -0.25) is 4.98 Å². The van der Waals surface area contributed by atoms with Crippen molar-refractivity contribution in [2.45, 2.75) is 13.8 Å². The van der Waals surface area contributed by atoms with Crippen LogP contribution >= 0.6 is 0 Å². The van der Waals surface area contributed by atoms with Crippen molar-refractivity contribution in [2.24, 2.45) is 0 Å². The minimum Gasteiger partial charge on any atom is -0.550 e. The van der Waals surface area contributed by atoms with Crippen molar-refractivity contribution < 1.29 is 44.1 Å². The number of carbonyl (C=O) groups is 3. The van der Waals surface area contributed by atoms with Crippen molar-refractivity contribution in [2.75, 3.05) is 0 Å². The summed E-state index contributed by atoms with van der Waals surface area (Å²) in [7, 11) is 0. The Bertz CT molecular complexity index is 222. The molecule has 0 atom stereocenters. The fraction of sp³-hybridized carbons (Fsp3) is 0.200. The predicted octanol–water partition coefficient (Wildman–Crippen LogP) is -1.59. The van der Waals surface area contributed by atoms with Crippen LogP contribution in [0.25, 0.3) is 0 Å². The average Bonchev–Trinajstić information content (AvgIpc) is 2.22. The average molecular weight is 293 g/mol. The molecule has 0 aliphatic carbocycles. The number of nitrogens with zero attached hydrogens (tertiary/aromatic N) is 1. The summed E-state index contributed by atoms with van der Waals surface area (Å²) in [5.41, 5.74) is 0. The zero-order valence-electron chi connectivity index (χ0n) is 9.79. The number of rotatable bonds is 0. The Morgan fingerprint density at radius 1 is 0.941 bits per heavy atom. The predicted molar refractivity (Wildman–Crippen MR) is 52.7 cm³/mol. The van der Waals surface area contributed by atoms with Gasteiger partial charge in [0, 0.05) is 24.3 Å². The molecule has 17 heavy (non-hydrogen) atoms. The molecule has 1 aromatic rings. The summed E-state index contributed by atoms with van der Waals surface area (Å²) in [6, 6.07) is 5.72. The van der Waals surface area contributed by atoms with E-state index in [2.05, 4.69) is 4.98 Å². The van der Waals surface area contributed by atoms with Gasteiger partial charge in [0.15, 0.2) is 0 Å². The first kappa shape index (κ1) is 24.6. The minimum absolute atomic E-state index is 0. The first-order chi connectivity index (χ1) is 7.46. The van der Waals surface area contributed by atoms with Gasteiger partial charge < -0.3 is 24.6 Å². The van der Waals surface area contributed by atoms with Gasteiger partial charge in [-0.05, 0) is 26.0 Å². The van der Waals surface area contributed by atoms with E-state index in [1.807, 2.05) is 25.0 Å². The van der Waals surface area contributed by atoms with Crippen molar-refractivity contribution in [1.29, 1.82) is 0 Å². The molecule has 0 radical (unpaired) electrons. The largest absolute Gasteiger partial charge is 2.00 e. The first-order valence-electron chi connectivity index (χ1n) is 3.95. The number of hydrogen-bond acceptors (Lipinski definition) is 6. The summed E-state index contributed by atoms with van der Waals surface area (Å²) in [6.45, 7) is 3.94. The number of aromatic nitrogens is 1. The summed E-state index contributed by atoms with van der Waals surface area (Å²) in [5, 5.41) is 17.8. The molecule has 1 aromatic heterocycles. The van der Waals surface area contributed by atoms with E-state index >= 15 is 0 Å². The number of pyridine rings is 1. The standard InChI is InChI=1S/C5H5N.2C2H4O2.CH2O.Zn/c1-2-4-6-5-3-1;2*1-2(3)4;1-2;/h1-5H;2*1H3,(H,3,4);1H2;/q;;;;+2/p-2. The molecule has 6 nitrogen and oxygen atoms in total. The maximum absolute atomic E-state index is 8.89. The van der Waals surface area contributed by atoms with E-state index in [4.69, 9.17) is 24.6 Å². The Morgan fingerprint density at radius 2 is 1.18 bits per heavy atom. The molecule has 1 rings (SSSR count). The van der Waals surface area contributed by atoms with Crippen LogP contribution in [-0.4, -0.2) is 23.7 Å².